The summed E-state index contributed by atoms with van der Waals surface area (Å²) in [5.74, 6) is -0.00576. The van der Waals surface area contributed by atoms with Crippen LogP contribution in [0.3, 0.4) is 0 Å². The number of hydrogen-bond donors (Lipinski definition) is 0. The molecule has 0 unspecified atom stereocenters. The van der Waals surface area contributed by atoms with E-state index < -0.39 is 12.9 Å². The zero-order valence-electron chi connectivity index (χ0n) is 12.9. The maximum atomic E-state index is 14.3. The molecule has 1 aromatic carbocycles. The van der Waals surface area contributed by atoms with Gasteiger partial charge in [-0.3, -0.25) is 4.98 Å². The molecule has 25 heavy (non-hydrogen) atoms. The van der Waals surface area contributed by atoms with Gasteiger partial charge in [0.05, 0.1) is 5.02 Å². The fourth-order valence-corrected chi connectivity index (χ4v) is 3.63. The van der Waals surface area contributed by atoms with Crippen LogP contribution in [0.2, 0.25) is 5.02 Å². The molecular formula is C18H11BClFN2OS. The van der Waals surface area contributed by atoms with Gasteiger partial charge in [-0.2, -0.15) is 15.7 Å². The number of aromatic nitrogens is 2. The lowest BCUT2D eigenvalue weighted by Crippen LogP contribution is -2.48. The molecule has 0 amide bonds. The summed E-state index contributed by atoms with van der Waals surface area (Å²) in [6.07, 6.45) is 3.10. The predicted octanol–water partition coefficient (Wildman–Crippen LogP) is 3.67. The SMILES string of the molecule is Fc1ncccc1B(Oc1ccc(Cl)c2cccnc12)c1cccs1. The van der Waals surface area contributed by atoms with Crippen molar-refractivity contribution in [3.8, 4) is 5.75 Å². The van der Waals surface area contributed by atoms with Crippen LogP contribution in [0.25, 0.3) is 10.9 Å². The maximum Gasteiger partial charge on any atom is 0.441 e. The normalized spacial score (nSPS) is 10.8. The van der Waals surface area contributed by atoms with Crippen LogP contribution in [0.15, 0.2) is 66.3 Å². The number of rotatable bonds is 4. The molecule has 0 aliphatic heterocycles. The largest absolute Gasteiger partial charge is 0.549 e. The second-order valence-electron chi connectivity index (χ2n) is 5.34. The molecule has 4 rings (SSSR count). The topological polar surface area (TPSA) is 35.0 Å². The van der Waals surface area contributed by atoms with Gasteiger partial charge in [-0.25, -0.2) is 4.98 Å². The summed E-state index contributed by atoms with van der Waals surface area (Å²) in [5.41, 5.74) is 1.02. The summed E-state index contributed by atoms with van der Waals surface area (Å²) in [6.45, 7) is -0.611. The highest BCUT2D eigenvalue weighted by molar-refractivity contribution is 7.23. The quantitative estimate of drug-likeness (QED) is 0.407. The molecule has 0 aliphatic carbocycles. The molecule has 0 atom stereocenters. The van der Waals surface area contributed by atoms with Gasteiger partial charge in [-0.15, -0.1) is 0 Å². The first-order valence-corrected chi connectivity index (χ1v) is 8.83. The number of pyridine rings is 2. The van der Waals surface area contributed by atoms with E-state index in [0.717, 1.165) is 10.2 Å². The molecule has 0 fully saturated rings. The summed E-state index contributed by atoms with van der Waals surface area (Å²) in [7, 11) is 0. The van der Waals surface area contributed by atoms with E-state index in [2.05, 4.69) is 9.97 Å². The molecule has 0 N–H and O–H groups in total. The van der Waals surface area contributed by atoms with E-state index in [4.69, 9.17) is 16.3 Å². The predicted molar refractivity (Wildman–Crippen MR) is 101 cm³/mol. The Labute approximate surface area is 153 Å². The van der Waals surface area contributed by atoms with Crippen LogP contribution in [-0.2, 0) is 0 Å². The molecule has 3 aromatic heterocycles. The maximum absolute atomic E-state index is 14.3. The van der Waals surface area contributed by atoms with Gasteiger partial charge in [0.25, 0.3) is 0 Å². The Morgan fingerprint density at radius 3 is 2.64 bits per heavy atom. The van der Waals surface area contributed by atoms with Gasteiger partial charge in [-0.05, 0) is 35.7 Å². The molecule has 0 spiro atoms. The summed E-state index contributed by atoms with van der Waals surface area (Å²) >= 11 is 7.74. The van der Waals surface area contributed by atoms with Crippen molar-refractivity contribution >= 4 is 51.0 Å². The highest BCUT2D eigenvalue weighted by atomic mass is 35.5. The van der Waals surface area contributed by atoms with Crippen molar-refractivity contribution in [2.45, 2.75) is 0 Å². The first-order chi connectivity index (χ1) is 12.2. The van der Waals surface area contributed by atoms with Gasteiger partial charge in [0.2, 0.25) is 5.95 Å². The summed E-state index contributed by atoms with van der Waals surface area (Å²) < 4.78 is 21.4. The van der Waals surface area contributed by atoms with Crippen molar-refractivity contribution in [1.29, 1.82) is 0 Å². The van der Waals surface area contributed by atoms with Crippen molar-refractivity contribution in [1.82, 2.24) is 9.97 Å². The fourth-order valence-electron chi connectivity index (χ4n) is 2.64. The van der Waals surface area contributed by atoms with Crippen molar-refractivity contribution in [2.24, 2.45) is 0 Å². The fraction of sp³-hybridized carbons (Fsp3) is 0. The minimum atomic E-state index is -0.611. The third kappa shape index (κ3) is 3.10. The van der Waals surface area contributed by atoms with Gasteiger partial charge in [-0.1, -0.05) is 29.8 Å². The minimum absolute atomic E-state index is 0.379. The number of nitrogens with zero attached hydrogens (tertiary/aromatic N) is 2. The van der Waals surface area contributed by atoms with Gasteiger partial charge in [0.15, 0.2) is 0 Å². The Morgan fingerprint density at radius 2 is 1.84 bits per heavy atom. The minimum Gasteiger partial charge on any atom is -0.549 e. The van der Waals surface area contributed by atoms with Crippen LogP contribution < -0.4 is 14.9 Å². The first kappa shape index (κ1) is 16.1. The number of hydrogen-bond acceptors (Lipinski definition) is 4. The second-order valence-corrected chi connectivity index (χ2v) is 6.73. The highest BCUT2D eigenvalue weighted by Gasteiger charge is 2.29. The number of fused-ring (bicyclic) bond motifs is 1. The molecule has 3 nitrogen and oxygen atoms in total. The molecule has 7 heteroatoms. The van der Waals surface area contributed by atoms with Crippen LogP contribution in [-0.4, -0.2) is 16.9 Å². The average molecular weight is 369 g/mol. The van der Waals surface area contributed by atoms with Crippen molar-refractivity contribution in [3.63, 3.8) is 0 Å². The van der Waals surface area contributed by atoms with E-state index in [1.807, 2.05) is 29.6 Å². The summed E-state index contributed by atoms with van der Waals surface area (Å²) in [5, 5.41) is 3.31. The van der Waals surface area contributed by atoms with E-state index in [1.54, 1.807) is 30.5 Å². The van der Waals surface area contributed by atoms with Crippen LogP contribution >= 0.6 is 22.9 Å². The molecule has 0 saturated carbocycles. The second kappa shape index (κ2) is 6.82. The number of thiophene rings is 1. The Morgan fingerprint density at radius 1 is 1.00 bits per heavy atom. The monoisotopic (exact) mass is 368 g/mol. The molecule has 3 heterocycles. The molecule has 4 aromatic rings. The van der Waals surface area contributed by atoms with E-state index in [1.165, 1.54) is 17.5 Å². The van der Waals surface area contributed by atoms with Crippen molar-refractivity contribution in [2.75, 3.05) is 0 Å². The lowest BCUT2D eigenvalue weighted by molar-refractivity contribution is 0.573. The van der Waals surface area contributed by atoms with Gasteiger partial charge >= 0.3 is 6.92 Å². The molecule has 0 saturated heterocycles. The molecule has 0 aliphatic rings. The van der Waals surface area contributed by atoms with Crippen LogP contribution in [0.5, 0.6) is 5.75 Å². The van der Waals surface area contributed by atoms with E-state index >= 15 is 0 Å². The van der Waals surface area contributed by atoms with Gasteiger partial charge in [0.1, 0.15) is 11.3 Å². The Balaban J connectivity index is 1.83. The lowest BCUT2D eigenvalue weighted by Gasteiger charge is -2.16. The first-order valence-electron chi connectivity index (χ1n) is 7.58. The standard InChI is InChI=1S/C18H11BClFN2OS/c20-14-7-8-15(17-12(14)4-1-9-22-17)24-19(16-6-3-11-25-16)13-5-2-10-23-18(13)21/h1-11H. The van der Waals surface area contributed by atoms with E-state index in [0.29, 0.717) is 21.8 Å². The Kier molecular flexibility index (Phi) is 4.38. The summed E-state index contributed by atoms with van der Waals surface area (Å²) in [6, 6.07) is 14.4. The molecular weight excluding hydrogens is 358 g/mol. The van der Waals surface area contributed by atoms with E-state index in [-0.39, 0.29) is 0 Å². The Hall–Kier alpha value is -2.44. The van der Waals surface area contributed by atoms with Crippen LogP contribution in [0.4, 0.5) is 4.39 Å². The molecule has 0 bridgehead atoms. The smallest absolute Gasteiger partial charge is 0.441 e. The highest BCUT2D eigenvalue weighted by Crippen LogP contribution is 2.30. The third-order valence-electron chi connectivity index (χ3n) is 3.80. The van der Waals surface area contributed by atoms with Crippen LogP contribution in [0, 0.1) is 5.95 Å². The van der Waals surface area contributed by atoms with Gasteiger partial charge < -0.3 is 4.65 Å². The lowest BCUT2D eigenvalue weighted by atomic mass is 9.60. The molecule has 122 valence electrons. The number of halogens is 2. The van der Waals surface area contributed by atoms with Crippen molar-refractivity contribution in [3.05, 3.63) is 77.3 Å². The van der Waals surface area contributed by atoms with E-state index in [9.17, 15) is 4.39 Å². The van der Waals surface area contributed by atoms with Gasteiger partial charge in [0, 0.05) is 28.0 Å². The summed E-state index contributed by atoms with van der Waals surface area (Å²) in [4.78, 5) is 8.13. The number of benzene rings is 1. The third-order valence-corrected chi connectivity index (χ3v) is 5.04. The zero-order chi connectivity index (χ0) is 17.2. The average Bonchev–Trinajstić information content (AvgIpc) is 3.17. The molecule has 0 radical (unpaired) electrons. The Bertz CT molecular complexity index is 1030. The van der Waals surface area contributed by atoms with Crippen molar-refractivity contribution < 1.29 is 9.04 Å². The zero-order valence-corrected chi connectivity index (χ0v) is 14.5. The van der Waals surface area contributed by atoms with Crippen LogP contribution in [0.1, 0.15) is 0 Å².